The van der Waals surface area contributed by atoms with Crippen molar-refractivity contribution >= 4 is 39.2 Å². The van der Waals surface area contributed by atoms with E-state index in [1.165, 1.54) is 16.3 Å². The molecule has 0 saturated carbocycles. The van der Waals surface area contributed by atoms with E-state index in [0.29, 0.717) is 0 Å². The second-order valence-electron chi connectivity index (χ2n) is 6.63. The number of ether oxygens (including phenoxy) is 1. The fourth-order valence-corrected chi connectivity index (χ4v) is 4.07. The average Bonchev–Trinajstić information content (AvgIpc) is 3.16. The molecule has 0 spiro atoms. The number of hydrogen-bond acceptors (Lipinski definition) is 4. The Hall–Kier alpha value is -3.44. The number of carbonyl (C=O) groups is 1. The molecule has 1 N–H and O–H groups in total. The highest BCUT2D eigenvalue weighted by Crippen LogP contribution is 2.31. The van der Waals surface area contributed by atoms with Gasteiger partial charge in [-0.15, -0.1) is 11.3 Å². The van der Waals surface area contributed by atoms with E-state index in [4.69, 9.17) is 9.72 Å². The minimum atomic E-state index is -0.195. The van der Waals surface area contributed by atoms with Gasteiger partial charge in [0.1, 0.15) is 10.8 Å². The highest BCUT2D eigenvalue weighted by molar-refractivity contribution is 7.21. The molecule has 0 aliphatic heterocycles. The van der Waals surface area contributed by atoms with Gasteiger partial charge in [0.25, 0.3) is 0 Å². The molecule has 0 atom stereocenters. The Morgan fingerprint density at radius 1 is 1.07 bits per heavy atom. The highest BCUT2D eigenvalue weighted by atomic mass is 32.1. The molecule has 1 amide bonds. The standard InChI is InChI=1S/C24H20N2O2S/c1-16-7-13-20-22(15-16)29-24(26-20)18-8-11-19(12-9-18)25-23(27)14-10-17-5-3-4-6-21(17)28-2/h3-15H,1-2H3,(H,25,27)/b14-10+. The Labute approximate surface area is 173 Å². The van der Waals surface area contributed by atoms with Crippen molar-refractivity contribution in [2.24, 2.45) is 0 Å². The lowest BCUT2D eigenvalue weighted by Gasteiger charge is -2.05. The molecule has 0 saturated heterocycles. The van der Waals surface area contributed by atoms with Crippen molar-refractivity contribution in [1.82, 2.24) is 4.98 Å². The van der Waals surface area contributed by atoms with Gasteiger partial charge in [-0.3, -0.25) is 4.79 Å². The van der Waals surface area contributed by atoms with Crippen LogP contribution in [0.5, 0.6) is 5.75 Å². The topological polar surface area (TPSA) is 51.2 Å². The fraction of sp³-hybridized carbons (Fsp3) is 0.0833. The molecule has 0 unspecified atom stereocenters. The third-order valence-electron chi connectivity index (χ3n) is 4.50. The Kier molecular flexibility index (Phi) is 5.40. The Bertz CT molecular complexity index is 1190. The highest BCUT2D eigenvalue weighted by Gasteiger charge is 2.07. The van der Waals surface area contributed by atoms with Crippen molar-refractivity contribution in [2.45, 2.75) is 6.92 Å². The summed E-state index contributed by atoms with van der Waals surface area (Å²) in [5, 5.41) is 3.85. The number of carbonyl (C=O) groups excluding carboxylic acids is 1. The van der Waals surface area contributed by atoms with Gasteiger partial charge >= 0.3 is 0 Å². The average molecular weight is 401 g/mol. The van der Waals surface area contributed by atoms with Crippen molar-refractivity contribution in [2.75, 3.05) is 12.4 Å². The number of anilines is 1. The predicted molar refractivity (Wildman–Crippen MR) is 120 cm³/mol. The number of fused-ring (bicyclic) bond motifs is 1. The van der Waals surface area contributed by atoms with Crippen LogP contribution in [0.3, 0.4) is 0 Å². The molecular weight excluding hydrogens is 380 g/mol. The maximum Gasteiger partial charge on any atom is 0.248 e. The molecule has 4 nitrogen and oxygen atoms in total. The molecule has 1 heterocycles. The zero-order valence-electron chi connectivity index (χ0n) is 16.2. The molecule has 0 fully saturated rings. The van der Waals surface area contributed by atoms with E-state index < -0.39 is 0 Å². The van der Waals surface area contributed by atoms with E-state index in [9.17, 15) is 4.79 Å². The maximum absolute atomic E-state index is 12.2. The summed E-state index contributed by atoms with van der Waals surface area (Å²) in [7, 11) is 1.61. The SMILES string of the molecule is COc1ccccc1/C=C/C(=O)Nc1ccc(-c2nc3ccc(C)cc3s2)cc1. The van der Waals surface area contributed by atoms with Crippen LogP contribution < -0.4 is 10.1 Å². The number of nitrogens with zero attached hydrogens (tertiary/aromatic N) is 1. The summed E-state index contributed by atoms with van der Waals surface area (Å²) >= 11 is 1.67. The van der Waals surface area contributed by atoms with E-state index in [0.717, 1.165) is 33.1 Å². The first-order valence-electron chi connectivity index (χ1n) is 9.22. The number of thiazole rings is 1. The van der Waals surface area contributed by atoms with E-state index in [2.05, 4.69) is 24.4 Å². The third kappa shape index (κ3) is 4.36. The summed E-state index contributed by atoms with van der Waals surface area (Å²) in [5.74, 6) is 0.533. The third-order valence-corrected chi connectivity index (χ3v) is 5.56. The van der Waals surface area contributed by atoms with Crippen LogP contribution >= 0.6 is 11.3 Å². The monoisotopic (exact) mass is 400 g/mol. The smallest absolute Gasteiger partial charge is 0.248 e. The van der Waals surface area contributed by atoms with Crippen LogP contribution in [0, 0.1) is 6.92 Å². The summed E-state index contributed by atoms with van der Waals surface area (Å²) in [6.45, 7) is 2.08. The zero-order valence-corrected chi connectivity index (χ0v) is 17.0. The van der Waals surface area contributed by atoms with Gasteiger partial charge in [0.2, 0.25) is 5.91 Å². The van der Waals surface area contributed by atoms with Gasteiger partial charge in [0, 0.05) is 22.9 Å². The molecule has 0 aliphatic rings. The van der Waals surface area contributed by atoms with Crippen LogP contribution in [-0.2, 0) is 4.79 Å². The second-order valence-corrected chi connectivity index (χ2v) is 7.66. The second kappa shape index (κ2) is 8.29. The summed E-state index contributed by atoms with van der Waals surface area (Å²) in [5.41, 5.74) is 4.86. The number of methoxy groups -OCH3 is 1. The minimum Gasteiger partial charge on any atom is -0.496 e. The van der Waals surface area contributed by atoms with Crippen molar-refractivity contribution in [3.05, 3.63) is 83.9 Å². The fourth-order valence-electron chi connectivity index (χ4n) is 3.00. The molecule has 144 valence electrons. The number of aromatic nitrogens is 1. The van der Waals surface area contributed by atoms with Crippen molar-refractivity contribution in [3.8, 4) is 16.3 Å². The van der Waals surface area contributed by atoms with E-state index in [1.807, 2.05) is 54.6 Å². The quantitative estimate of drug-likeness (QED) is 0.422. The van der Waals surface area contributed by atoms with E-state index in [-0.39, 0.29) is 5.91 Å². The lowest BCUT2D eigenvalue weighted by atomic mass is 10.2. The Morgan fingerprint density at radius 2 is 1.86 bits per heavy atom. The van der Waals surface area contributed by atoms with Crippen molar-refractivity contribution in [1.29, 1.82) is 0 Å². The molecule has 4 aromatic rings. The number of rotatable bonds is 5. The normalized spacial score (nSPS) is 11.1. The number of benzene rings is 3. The molecule has 0 radical (unpaired) electrons. The molecule has 29 heavy (non-hydrogen) atoms. The van der Waals surface area contributed by atoms with Crippen LogP contribution in [0.25, 0.3) is 26.9 Å². The van der Waals surface area contributed by atoms with Crippen LogP contribution in [0.2, 0.25) is 0 Å². The summed E-state index contributed by atoms with van der Waals surface area (Å²) in [6.07, 6.45) is 3.24. The molecule has 3 aromatic carbocycles. The summed E-state index contributed by atoms with van der Waals surface area (Å²) < 4.78 is 6.47. The first kappa shape index (κ1) is 18.9. The van der Waals surface area contributed by atoms with Gasteiger partial charge in [-0.05, 0) is 61.0 Å². The van der Waals surface area contributed by atoms with Crippen LogP contribution in [0.4, 0.5) is 5.69 Å². The van der Waals surface area contributed by atoms with Gasteiger partial charge in [-0.1, -0.05) is 24.3 Å². The minimum absolute atomic E-state index is 0.195. The number of aryl methyl sites for hydroxylation is 1. The van der Waals surface area contributed by atoms with Gasteiger partial charge in [0.15, 0.2) is 0 Å². The van der Waals surface area contributed by atoms with E-state index >= 15 is 0 Å². The van der Waals surface area contributed by atoms with Crippen LogP contribution in [0.15, 0.2) is 72.8 Å². The van der Waals surface area contributed by atoms with Crippen molar-refractivity contribution in [3.63, 3.8) is 0 Å². The molecular formula is C24H20N2O2S. The van der Waals surface area contributed by atoms with E-state index in [1.54, 1.807) is 24.5 Å². The van der Waals surface area contributed by atoms with Gasteiger partial charge < -0.3 is 10.1 Å². The zero-order chi connectivity index (χ0) is 20.2. The maximum atomic E-state index is 12.2. The first-order valence-corrected chi connectivity index (χ1v) is 10.0. The number of nitrogens with one attached hydrogen (secondary N) is 1. The Morgan fingerprint density at radius 3 is 2.66 bits per heavy atom. The molecule has 1 aromatic heterocycles. The summed E-state index contributed by atoms with van der Waals surface area (Å²) in [6, 6.07) is 21.6. The lowest BCUT2D eigenvalue weighted by Crippen LogP contribution is -2.07. The predicted octanol–water partition coefficient (Wildman–Crippen LogP) is 5.93. The summed E-state index contributed by atoms with van der Waals surface area (Å²) in [4.78, 5) is 16.9. The number of para-hydroxylation sites is 1. The largest absolute Gasteiger partial charge is 0.496 e. The van der Waals surface area contributed by atoms with Crippen molar-refractivity contribution < 1.29 is 9.53 Å². The van der Waals surface area contributed by atoms with Gasteiger partial charge in [0.05, 0.1) is 17.3 Å². The lowest BCUT2D eigenvalue weighted by molar-refractivity contribution is -0.111. The number of hydrogen-bond donors (Lipinski definition) is 1. The molecule has 5 heteroatoms. The Balaban J connectivity index is 1.46. The molecule has 4 rings (SSSR count). The van der Waals surface area contributed by atoms with Crippen LogP contribution in [0.1, 0.15) is 11.1 Å². The van der Waals surface area contributed by atoms with Gasteiger partial charge in [-0.2, -0.15) is 0 Å². The number of amides is 1. The molecule has 0 aliphatic carbocycles. The molecule has 0 bridgehead atoms. The van der Waals surface area contributed by atoms with Gasteiger partial charge in [-0.25, -0.2) is 4.98 Å². The van der Waals surface area contributed by atoms with Crippen LogP contribution in [-0.4, -0.2) is 18.0 Å². The first-order chi connectivity index (χ1) is 14.1.